The molecule has 2 aliphatic rings. The second kappa shape index (κ2) is 4.30. The molecule has 0 aromatic heterocycles. The van der Waals surface area contributed by atoms with Crippen molar-refractivity contribution in [1.29, 1.82) is 0 Å². The van der Waals surface area contributed by atoms with E-state index < -0.39 is 0 Å². The van der Waals surface area contributed by atoms with Crippen molar-refractivity contribution in [2.24, 2.45) is 11.7 Å². The molecule has 3 heteroatoms. The number of rotatable bonds is 4. The first-order valence-corrected chi connectivity index (χ1v) is 5.83. The standard InChI is InChI=1S/C11H20N2O/c12-7-8-13(10-5-6-10)11(14)9-3-1-2-4-9/h9-10H,1-8,12H2. The lowest BCUT2D eigenvalue weighted by Crippen LogP contribution is -2.40. The van der Waals surface area contributed by atoms with Crippen LogP contribution in [0.5, 0.6) is 0 Å². The van der Waals surface area contributed by atoms with Gasteiger partial charge in [-0.2, -0.15) is 0 Å². The number of carbonyl (C=O) groups is 1. The van der Waals surface area contributed by atoms with E-state index in [2.05, 4.69) is 0 Å². The van der Waals surface area contributed by atoms with Crippen LogP contribution in [0.2, 0.25) is 0 Å². The minimum Gasteiger partial charge on any atom is -0.338 e. The molecule has 0 aromatic rings. The van der Waals surface area contributed by atoms with Gasteiger partial charge in [0.2, 0.25) is 5.91 Å². The number of hydrogen-bond acceptors (Lipinski definition) is 2. The van der Waals surface area contributed by atoms with Crippen molar-refractivity contribution >= 4 is 5.91 Å². The molecule has 2 N–H and O–H groups in total. The van der Waals surface area contributed by atoms with Gasteiger partial charge >= 0.3 is 0 Å². The molecule has 0 atom stereocenters. The van der Waals surface area contributed by atoms with Gasteiger partial charge < -0.3 is 10.6 Å². The van der Waals surface area contributed by atoms with E-state index in [-0.39, 0.29) is 0 Å². The van der Waals surface area contributed by atoms with Crippen molar-refractivity contribution in [3.8, 4) is 0 Å². The van der Waals surface area contributed by atoms with Gasteiger partial charge in [0.25, 0.3) is 0 Å². The fourth-order valence-electron chi connectivity index (χ4n) is 2.41. The van der Waals surface area contributed by atoms with E-state index in [4.69, 9.17) is 5.73 Å². The molecule has 2 saturated carbocycles. The summed E-state index contributed by atoms with van der Waals surface area (Å²) in [6, 6.07) is 0.534. The molecule has 1 amide bonds. The van der Waals surface area contributed by atoms with Crippen LogP contribution in [0, 0.1) is 5.92 Å². The lowest BCUT2D eigenvalue weighted by Gasteiger charge is -2.24. The molecule has 2 aliphatic carbocycles. The third kappa shape index (κ3) is 2.08. The predicted octanol–water partition coefficient (Wildman–Crippen LogP) is 1.13. The van der Waals surface area contributed by atoms with Crippen molar-refractivity contribution in [2.45, 2.75) is 44.6 Å². The average Bonchev–Trinajstić information content (AvgIpc) is 2.88. The number of carbonyl (C=O) groups excluding carboxylic acids is 1. The predicted molar refractivity (Wildman–Crippen MR) is 55.7 cm³/mol. The van der Waals surface area contributed by atoms with Crippen molar-refractivity contribution < 1.29 is 4.79 Å². The topological polar surface area (TPSA) is 46.3 Å². The molecule has 3 nitrogen and oxygen atoms in total. The molecule has 80 valence electrons. The first-order chi connectivity index (χ1) is 6.83. The quantitative estimate of drug-likeness (QED) is 0.732. The Kier molecular flexibility index (Phi) is 3.06. The summed E-state index contributed by atoms with van der Waals surface area (Å²) in [6.45, 7) is 1.37. The highest BCUT2D eigenvalue weighted by Gasteiger charge is 2.35. The zero-order valence-electron chi connectivity index (χ0n) is 8.74. The molecule has 0 aromatic carbocycles. The number of nitrogens with zero attached hydrogens (tertiary/aromatic N) is 1. The third-order valence-electron chi connectivity index (χ3n) is 3.35. The van der Waals surface area contributed by atoms with E-state index in [1.165, 1.54) is 25.7 Å². The second-order valence-electron chi connectivity index (χ2n) is 4.53. The summed E-state index contributed by atoms with van der Waals surface area (Å²) in [5.41, 5.74) is 5.54. The van der Waals surface area contributed by atoms with Gasteiger partial charge in [0.05, 0.1) is 0 Å². The van der Waals surface area contributed by atoms with E-state index in [1.807, 2.05) is 4.90 Å². The van der Waals surface area contributed by atoms with Gasteiger partial charge in [-0.25, -0.2) is 0 Å². The van der Waals surface area contributed by atoms with Crippen LogP contribution in [0.1, 0.15) is 38.5 Å². The molecular weight excluding hydrogens is 176 g/mol. The van der Waals surface area contributed by atoms with Gasteiger partial charge in [-0.15, -0.1) is 0 Å². The number of nitrogens with two attached hydrogens (primary N) is 1. The van der Waals surface area contributed by atoms with Gasteiger partial charge in [0, 0.05) is 25.0 Å². The van der Waals surface area contributed by atoms with Crippen molar-refractivity contribution in [3.63, 3.8) is 0 Å². The lowest BCUT2D eigenvalue weighted by atomic mass is 10.1. The normalized spacial score (nSPS) is 22.6. The SMILES string of the molecule is NCCN(C(=O)C1CCCC1)C1CC1. The van der Waals surface area contributed by atoms with Gasteiger partial charge in [0.1, 0.15) is 0 Å². The van der Waals surface area contributed by atoms with Crippen LogP contribution < -0.4 is 5.73 Å². The van der Waals surface area contributed by atoms with Crippen LogP contribution in [0.3, 0.4) is 0 Å². The highest BCUT2D eigenvalue weighted by atomic mass is 16.2. The molecule has 0 spiro atoms. The lowest BCUT2D eigenvalue weighted by molar-refractivity contribution is -0.135. The first kappa shape index (κ1) is 9.97. The Morgan fingerprint density at radius 3 is 2.36 bits per heavy atom. The molecule has 0 saturated heterocycles. The van der Waals surface area contributed by atoms with Crippen LogP contribution in [-0.4, -0.2) is 29.9 Å². The summed E-state index contributed by atoms with van der Waals surface area (Å²) in [6.07, 6.45) is 7.06. The molecule has 14 heavy (non-hydrogen) atoms. The maximum Gasteiger partial charge on any atom is 0.225 e. The molecule has 2 rings (SSSR count). The first-order valence-electron chi connectivity index (χ1n) is 5.83. The van der Waals surface area contributed by atoms with Gasteiger partial charge in [0.15, 0.2) is 0 Å². The Hall–Kier alpha value is -0.570. The second-order valence-corrected chi connectivity index (χ2v) is 4.53. The van der Waals surface area contributed by atoms with E-state index >= 15 is 0 Å². The summed E-state index contributed by atoms with van der Waals surface area (Å²) >= 11 is 0. The van der Waals surface area contributed by atoms with Crippen molar-refractivity contribution in [1.82, 2.24) is 4.90 Å². The monoisotopic (exact) mass is 196 g/mol. The van der Waals surface area contributed by atoms with E-state index in [0.29, 0.717) is 24.4 Å². The highest BCUT2D eigenvalue weighted by Crippen LogP contribution is 2.32. The maximum atomic E-state index is 12.1. The third-order valence-corrected chi connectivity index (χ3v) is 3.35. The van der Waals surface area contributed by atoms with Crippen LogP contribution in [-0.2, 0) is 4.79 Å². The van der Waals surface area contributed by atoms with E-state index in [0.717, 1.165) is 19.4 Å². The van der Waals surface area contributed by atoms with E-state index in [1.54, 1.807) is 0 Å². The molecular formula is C11H20N2O. The highest BCUT2D eigenvalue weighted by molar-refractivity contribution is 5.79. The molecule has 2 fully saturated rings. The summed E-state index contributed by atoms with van der Waals surface area (Å²) in [7, 11) is 0. The zero-order valence-corrected chi connectivity index (χ0v) is 8.74. The number of hydrogen-bond donors (Lipinski definition) is 1. The van der Waals surface area contributed by atoms with Crippen LogP contribution in [0.4, 0.5) is 0 Å². The Balaban J connectivity index is 1.91. The Labute approximate surface area is 85.6 Å². The number of amides is 1. The minimum atomic E-state index is 0.321. The van der Waals surface area contributed by atoms with Crippen molar-refractivity contribution in [3.05, 3.63) is 0 Å². The van der Waals surface area contributed by atoms with Crippen molar-refractivity contribution in [2.75, 3.05) is 13.1 Å². The fourth-order valence-corrected chi connectivity index (χ4v) is 2.41. The van der Waals surface area contributed by atoms with Gasteiger partial charge in [-0.3, -0.25) is 4.79 Å². The van der Waals surface area contributed by atoms with Gasteiger partial charge in [-0.1, -0.05) is 12.8 Å². The van der Waals surface area contributed by atoms with Gasteiger partial charge in [-0.05, 0) is 25.7 Å². The summed E-state index contributed by atoms with van der Waals surface area (Å²) in [5.74, 6) is 0.706. The minimum absolute atomic E-state index is 0.321. The zero-order chi connectivity index (χ0) is 9.97. The molecule has 0 radical (unpaired) electrons. The largest absolute Gasteiger partial charge is 0.338 e. The summed E-state index contributed by atoms with van der Waals surface area (Å²) < 4.78 is 0. The van der Waals surface area contributed by atoms with Crippen LogP contribution >= 0.6 is 0 Å². The van der Waals surface area contributed by atoms with Crippen LogP contribution in [0.25, 0.3) is 0 Å². The summed E-state index contributed by atoms with van der Waals surface area (Å²) in [4.78, 5) is 14.1. The fraction of sp³-hybridized carbons (Fsp3) is 0.909. The van der Waals surface area contributed by atoms with Crippen LogP contribution in [0.15, 0.2) is 0 Å². The molecule has 0 aliphatic heterocycles. The molecule has 0 bridgehead atoms. The Morgan fingerprint density at radius 2 is 1.86 bits per heavy atom. The molecule has 0 unspecified atom stereocenters. The summed E-state index contributed by atoms with van der Waals surface area (Å²) in [5, 5.41) is 0. The molecule has 0 heterocycles. The Bertz CT molecular complexity index is 207. The van der Waals surface area contributed by atoms with E-state index in [9.17, 15) is 4.79 Å². The smallest absolute Gasteiger partial charge is 0.225 e. The average molecular weight is 196 g/mol. The maximum absolute atomic E-state index is 12.1. The Morgan fingerprint density at radius 1 is 1.21 bits per heavy atom.